The van der Waals surface area contributed by atoms with Crippen molar-refractivity contribution in [3.8, 4) is 11.8 Å². The third-order valence-corrected chi connectivity index (χ3v) is 7.87. The number of hydrogen-bond acceptors (Lipinski definition) is 4. The van der Waals surface area contributed by atoms with Crippen molar-refractivity contribution < 1.29 is 9.90 Å². The highest BCUT2D eigenvalue weighted by molar-refractivity contribution is 5.78. The lowest BCUT2D eigenvalue weighted by Crippen LogP contribution is -2.68. The second kappa shape index (κ2) is 10.7. The number of hydrogen-bond donors (Lipinski definition) is 1. The van der Waals surface area contributed by atoms with Crippen molar-refractivity contribution in [2.45, 2.75) is 62.9 Å². The maximum absolute atomic E-state index is 13.1. The van der Waals surface area contributed by atoms with E-state index in [2.05, 4.69) is 46.0 Å². The van der Waals surface area contributed by atoms with E-state index < -0.39 is 0 Å². The maximum Gasteiger partial charge on any atom is 0.227 e. The second-order valence-electron chi connectivity index (χ2n) is 10.0. The van der Waals surface area contributed by atoms with E-state index >= 15 is 0 Å². The molecule has 34 heavy (non-hydrogen) atoms. The van der Waals surface area contributed by atoms with Gasteiger partial charge in [-0.05, 0) is 61.6 Å². The molecule has 1 amide bonds. The fraction of sp³-hybridized carbons (Fsp3) is 0.517. The molecule has 3 aliphatic rings. The Kier molecular flexibility index (Phi) is 7.27. The van der Waals surface area contributed by atoms with E-state index in [0.29, 0.717) is 18.9 Å². The van der Waals surface area contributed by atoms with Crippen LogP contribution in [0.25, 0.3) is 0 Å². The molecule has 0 radical (unpaired) electrons. The third kappa shape index (κ3) is 5.04. The molecule has 5 rings (SSSR count). The van der Waals surface area contributed by atoms with Gasteiger partial charge in [0.05, 0.1) is 13.0 Å². The van der Waals surface area contributed by atoms with E-state index in [0.717, 1.165) is 37.1 Å². The highest BCUT2D eigenvalue weighted by Crippen LogP contribution is 2.42. The van der Waals surface area contributed by atoms with Crippen LogP contribution >= 0.6 is 0 Å². The molecule has 3 fully saturated rings. The van der Waals surface area contributed by atoms with Gasteiger partial charge >= 0.3 is 0 Å². The molecular weight excluding hydrogens is 422 g/mol. The molecule has 1 N–H and O–H groups in total. The van der Waals surface area contributed by atoms with Gasteiger partial charge in [-0.25, -0.2) is 0 Å². The minimum atomic E-state index is 0.119. The molecule has 3 atom stereocenters. The molecule has 2 saturated heterocycles. The van der Waals surface area contributed by atoms with E-state index in [4.69, 9.17) is 0 Å². The molecule has 1 aliphatic carbocycles. The molecular formula is C29H35N3O2. The van der Waals surface area contributed by atoms with Crippen molar-refractivity contribution >= 4 is 5.91 Å². The topological polar surface area (TPSA) is 56.7 Å². The van der Waals surface area contributed by atoms with Crippen molar-refractivity contribution in [3.05, 3.63) is 65.5 Å². The summed E-state index contributed by atoms with van der Waals surface area (Å²) in [6.45, 7) is 2.65. The summed E-state index contributed by atoms with van der Waals surface area (Å²) in [5.41, 5.74) is 3.27. The van der Waals surface area contributed by atoms with Gasteiger partial charge in [-0.2, -0.15) is 0 Å². The van der Waals surface area contributed by atoms with Crippen LogP contribution in [0.5, 0.6) is 0 Å². The van der Waals surface area contributed by atoms with Crippen molar-refractivity contribution in [1.82, 2.24) is 14.8 Å². The molecule has 2 aromatic rings. The molecule has 0 unspecified atom stereocenters. The first-order chi connectivity index (χ1) is 16.7. The largest absolute Gasteiger partial charge is 0.395 e. The molecule has 0 spiro atoms. The van der Waals surface area contributed by atoms with E-state index in [1.54, 1.807) is 12.4 Å². The number of carbonyl (C=O) groups is 1. The average molecular weight is 458 g/mol. The van der Waals surface area contributed by atoms with Gasteiger partial charge in [0.25, 0.3) is 0 Å². The Balaban J connectivity index is 1.30. The number of nitrogens with zero attached hydrogens (tertiary/aromatic N) is 3. The van der Waals surface area contributed by atoms with Crippen LogP contribution in [0.1, 0.15) is 61.1 Å². The fourth-order valence-corrected chi connectivity index (χ4v) is 6.00. The van der Waals surface area contributed by atoms with Crippen molar-refractivity contribution in [3.63, 3.8) is 0 Å². The smallest absolute Gasteiger partial charge is 0.227 e. The summed E-state index contributed by atoms with van der Waals surface area (Å²) in [6, 6.07) is 12.8. The van der Waals surface area contributed by atoms with Crippen molar-refractivity contribution in [2.75, 3.05) is 26.2 Å². The first kappa shape index (κ1) is 23.1. The number of fused-ring (bicyclic) bond motifs is 1. The van der Waals surface area contributed by atoms with Crippen LogP contribution < -0.4 is 0 Å². The Hall–Kier alpha value is -2.68. The first-order valence-corrected chi connectivity index (χ1v) is 12.9. The predicted molar refractivity (Wildman–Crippen MR) is 133 cm³/mol. The van der Waals surface area contributed by atoms with Crippen LogP contribution in [0.15, 0.2) is 48.8 Å². The lowest BCUT2D eigenvalue weighted by molar-refractivity contribution is -0.135. The molecule has 2 aliphatic heterocycles. The molecule has 1 aromatic heterocycles. The molecule has 5 nitrogen and oxygen atoms in total. The summed E-state index contributed by atoms with van der Waals surface area (Å²) in [6.07, 6.45) is 11.0. The molecule has 178 valence electrons. The predicted octanol–water partition coefficient (Wildman–Crippen LogP) is 3.62. The Morgan fingerprint density at radius 1 is 1.06 bits per heavy atom. The normalized spacial score (nSPS) is 25.4. The van der Waals surface area contributed by atoms with Crippen molar-refractivity contribution in [1.29, 1.82) is 0 Å². The fourth-order valence-electron chi connectivity index (χ4n) is 6.00. The van der Waals surface area contributed by atoms with Gasteiger partial charge in [0.2, 0.25) is 5.91 Å². The second-order valence-corrected chi connectivity index (χ2v) is 10.0. The van der Waals surface area contributed by atoms with Gasteiger partial charge in [0.1, 0.15) is 0 Å². The third-order valence-electron chi connectivity index (χ3n) is 7.87. The summed E-state index contributed by atoms with van der Waals surface area (Å²) in [5, 5.41) is 10.2. The summed E-state index contributed by atoms with van der Waals surface area (Å²) in [7, 11) is 0. The van der Waals surface area contributed by atoms with E-state index in [-0.39, 0.29) is 30.5 Å². The highest BCUT2D eigenvalue weighted by atomic mass is 16.3. The van der Waals surface area contributed by atoms with Crippen LogP contribution in [-0.2, 0) is 11.2 Å². The van der Waals surface area contributed by atoms with Gasteiger partial charge < -0.3 is 10.0 Å². The summed E-state index contributed by atoms with van der Waals surface area (Å²) >= 11 is 0. The number of aromatic nitrogens is 1. The maximum atomic E-state index is 13.1. The summed E-state index contributed by atoms with van der Waals surface area (Å²) < 4.78 is 0. The lowest BCUT2D eigenvalue weighted by Gasteiger charge is -2.57. The van der Waals surface area contributed by atoms with Gasteiger partial charge in [0.15, 0.2) is 0 Å². The lowest BCUT2D eigenvalue weighted by atomic mass is 9.74. The zero-order valence-electron chi connectivity index (χ0n) is 19.9. The quantitative estimate of drug-likeness (QED) is 0.713. The van der Waals surface area contributed by atoms with Crippen LogP contribution in [-0.4, -0.2) is 64.1 Å². The number of amides is 1. The van der Waals surface area contributed by atoms with E-state index in [1.807, 2.05) is 17.0 Å². The zero-order valence-corrected chi connectivity index (χ0v) is 19.9. The van der Waals surface area contributed by atoms with Gasteiger partial charge in [-0.15, -0.1) is 0 Å². The van der Waals surface area contributed by atoms with Crippen LogP contribution in [0.4, 0.5) is 0 Å². The molecule has 1 aromatic carbocycles. The number of rotatable bonds is 4. The standard InChI is InChI=1S/C29H35N3O2/c33-21-27-29(25-13-11-23(12-14-25)10-9-22-6-1-2-7-22)26-20-31(16-3-4-17-32(26)27)28(34)18-24-8-5-15-30-19-24/h5,8,11-15,19,22,26-27,29,33H,1-4,6-7,16-18,20-21H2/t26-,27-,29+/m1/s1. The average Bonchev–Trinajstić information content (AvgIpc) is 3.37. The number of aliphatic hydroxyl groups excluding tert-OH is 1. The van der Waals surface area contributed by atoms with Crippen LogP contribution in [0, 0.1) is 17.8 Å². The number of carbonyl (C=O) groups excluding carboxylic acids is 1. The van der Waals surface area contributed by atoms with E-state index in [9.17, 15) is 9.90 Å². The highest BCUT2D eigenvalue weighted by Gasteiger charge is 2.49. The van der Waals surface area contributed by atoms with E-state index in [1.165, 1.54) is 31.2 Å². The monoisotopic (exact) mass is 457 g/mol. The number of benzene rings is 1. The number of aliphatic hydroxyl groups is 1. The Morgan fingerprint density at radius 3 is 2.59 bits per heavy atom. The summed E-state index contributed by atoms with van der Waals surface area (Å²) in [4.78, 5) is 21.7. The first-order valence-electron chi connectivity index (χ1n) is 12.9. The zero-order chi connectivity index (χ0) is 23.3. The van der Waals surface area contributed by atoms with Crippen LogP contribution in [0.3, 0.4) is 0 Å². The Bertz CT molecular complexity index is 1020. The van der Waals surface area contributed by atoms with Gasteiger partial charge in [-0.1, -0.05) is 42.9 Å². The Labute approximate surface area is 203 Å². The van der Waals surface area contributed by atoms with Gasteiger partial charge in [-0.3, -0.25) is 14.7 Å². The Morgan fingerprint density at radius 2 is 1.85 bits per heavy atom. The van der Waals surface area contributed by atoms with Crippen LogP contribution in [0.2, 0.25) is 0 Å². The number of pyridine rings is 1. The van der Waals surface area contributed by atoms with Crippen molar-refractivity contribution in [2.24, 2.45) is 5.92 Å². The molecule has 3 heterocycles. The summed E-state index contributed by atoms with van der Waals surface area (Å²) in [5.74, 6) is 7.77. The van der Waals surface area contributed by atoms with Gasteiger partial charge in [0, 0.05) is 55.0 Å². The molecule has 0 bridgehead atoms. The minimum absolute atomic E-state index is 0.119. The molecule has 1 saturated carbocycles. The SMILES string of the molecule is O=C(Cc1cccnc1)N1CCCCN2[C@H](CO)[C@@H](c3ccc(C#CC4CCCC4)cc3)[C@H]2C1. The minimum Gasteiger partial charge on any atom is -0.395 e. The molecule has 5 heteroatoms.